The molecule has 2 aliphatic rings. The zero-order chi connectivity index (χ0) is 18.7. The largest absolute Gasteiger partial charge is 0.339 e. The minimum atomic E-state index is -3.72. The molecule has 0 radical (unpaired) electrons. The molecule has 26 heavy (non-hydrogen) atoms. The third kappa shape index (κ3) is 4.24. The quantitative estimate of drug-likeness (QED) is 0.791. The lowest BCUT2D eigenvalue weighted by molar-refractivity contribution is -0.134. The van der Waals surface area contributed by atoms with E-state index in [1.54, 1.807) is 4.90 Å². The van der Waals surface area contributed by atoms with Crippen molar-refractivity contribution >= 4 is 15.9 Å². The van der Waals surface area contributed by atoms with Crippen molar-refractivity contribution in [3.05, 3.63) is 30.1 Å². The number of nitrogens with zero attached hydrogens (tertiary/aromatic N) is 3. The monoisotopic (exact) mass is 383 g/mol. The SMILES string of the molecule is C[C@@H]1CCCCN1CC(=O)N1CCN(S(=O)(=O)c2cccc(F)c2)CC1. The molecule has 8 heteroatoms. The number of hydrogen-bond donors (Lipinski definition) is 0. The van der Waals surface area contributed by atoms with Gasteiger partial charge in [0.05, 0.1) is 11.4 Å². The lowest BCUT2D eigenvalue weighted by atomic mass is 10.0. The Hall–Kier alpha value is -1.51. The molecule has 0 spiro atoms. The molecule has 0 bridgehead atoms. The Bertz CT molecular complexity index is 748. The Morgan fingerprint density at radius 2 is 1.88 bits per heavy atom. The molecule has 0 saturated carbocycles. The maximum absolute atomic E-state index is 13.3. The molecule has 6 nitrogen and oxygen atoms in total. The normalized spacial score (nSPS) is 23.2. The summed E-state index contributed by atoms with van der Waals surface area (Å²) in [5.41, 5.74) is 0. The lowest BCUT2D eigenvalue weighted by Gasteiger charge is -2.37. The van der Waals surface area contributed by atoms with E-state index in [2.05, 4.69) is 11.8 Å². The van der Waals surface area contributed by atoms with Gasteiger partial charge in [-0.15, -0.1) is 0 Å². The number of benzene rings is 1. The highest BCUT2D eigenvalue weighted by molar-refractivity contribution is 7.89. The van der Waals surface area contributed by atoms with Gasteiger partial charge in [-0.05, 0) is 44.5 Å². The number of carbonyl (C=O) groups is 1. The first kappa shape index (κ1) is 19.3. The highest BCUT2D eigenvalue weighted by Crippen LogP contribution is 2.20. The van der Waals surface area contributed by atoms with E-state index in [0.29, 0.717) is 25.7 Å². The molecule has 1 atom stereocenters. The van der Waals surface area contributed by atoms with Crippen LogP contribution in [0.15, 0.2) is 29.2 Å². The lowest BCUT2D eigenvalue weighted by Crippen LogP contribution is -2.53. The van der Waals surface area contributed by atoms with Crippen LogP contribution in [0.5, 0.6) is 0 Å². The van der Waals surface area contributed by atoms with Gasteiger partial charge in [-0.3, -0.25) is 9.69 Å². The molecule has 0 aliphatic carbocycles. The average molecular weight is 383 g/mol. The van der Waals surface area contributed by atoms with E-state index in [-0.39, 0.29) is 23.9 Å². The van der Waals surface area contributed by atoms with Gasteiger partial charge in [-0.25, -0.2) is 12.8 Å². The van der Waals surface area contributed by atoms with Crippen LogP contribution in [0.2, 0.25) is 0 Å². The number of sulfonamides is 1. The molecule has 1 aromatic rings. The topological polar surface area (TPSA) is 60.9 Å². The van der Waals surface area contributed by atoms with Gasteiger partial charge in [0.2, 0.25) is 15.9 Å². The van der Waals surface area contributed by atoms with Gasteiger partial charge in [-0.2, -0.15) is 4.31 Å². The first-order valence-electron chi connectivity index (χ1n) is 9.15. The summed E-state index contributed by atoms with van der Waals surface area (Å²) in [6.45, 7) is 4.71. The number of rotatable bonds is 4. The van der Waals surface area contributed by atoms with Crippen molar-refractivity contribution in [2.45, 2.75) is 37.1 Å². The molecule has 0 unspecified atom stereocenters. The van der Waals surface area contributed by atoms with E-state index in [1.165, 1.54) is 28.9 Å². The summed E-state index contributed by atoms with van der Waals surface area (Å²) in [5, 5.41) is 0. The molecule has 2 fully saturated rings. The van der Waals surface area contributed by atoms with Gasteiger partial charge >= 0.3 is 0 Å². The smallest absolute Gasteiger partial charge is 0.243 e. The summed E-state index contributed by atoms with van der Waals surface area (Å²) >= 11 is 0. The molecule has 0 aromatic heterocycles. The molecule has 2 heterocycles. The van der Waals surface area contributed by atoms with Crippen molar-refractivity contribution < 1.29 is 17.6 Å². The van der Waals surface area contributed by atoms with Crippen molar-refractivity contribution in [1.29, 1.82) is 0 Å². The Balaban J connectivity index is 1.57. The fourth-order valence-electron chi connectivity index (χ4n) is 3.62. The van der Waals surface area contributed by atoms with Gasteiger partial charge in [0.15, 0.2) is 0 Å². The Labute approximate surface area is 154 Å². The molecular formula is C18H26FN3O3S. The van der Waals surface area contributed by atoms with Crippen LogP contribution >= 0.6 is 0 Å². The van der Waals surface area contributed by atoms with E-state index in [1.807, 2.05) is 0 Å². The van der Waals surface area contributed by atoms with E-state index >= 15 is 0 Å². The summed E-state index contributed by atoms with van der Waals surface area (Å²) in [5.74, 6) is -0.517. The van der Waals surface area contributed by atoms with Crippen molar-refractivity contribution in [3.8, 4) is 0 Å². The summed E-state index contributed by atoms with van der Waals surface area (Å²) in [4.78, 5) is 16.5. The number of amides is 1. The van der Waals surface area contributed by atoms with Crippen LogP contribution in [0.1, 0.15) is 26.2 Å². The van der Waals surface area contributed by atoms with Gasteiger partial charge in [0.25, 0.3) is 0 Å². The molecular weight excluding hydrogens is 357 g/mol. The van der Waals surface area contributed by atoms with Crippen LogP contribution in [0.25, 0.3) is 0 Å². The fraction of sp³-hybridized carbons (Fsp3) is 0.611. The molecule has 2 aliphatic heterocycles. The Kier molecular flexibility index (Phi) is 5.94. The Morgan fingerprint density at radius 1 is 1.15 bits per heavy atom. The fourth-order valence-corrected chi connectivity index (χ4v) is 5.07. The van der Waals surface area contributed by atoms with Crippen LogP contribution in [0.4, 0.5) is 4.39 Å². The van der Waals surface area contributed by atoms with E-state index < -0.39 is 15.8 Å². The Morgan fingerprint density at radius 3 is 2.54 bits per heavy atom. The van der Waals surface area contributed by atoms with E-state index in [9.17, 15) is 17.6 Å². The second-order valence-corrected chi connectivity index (χ2v) is 9.00. The highest BCUT2D eigenvalue weighted by atomic mass is 32.2. The van der Waals surface area contributed by atoms with Gasteiger partial charge in [-0.1, -0.05) is 12.5 Å². The van der Waals surface area contributed by atoms with E-state index in [4.69, 9.17) is 0 Å². The molecule has 144 valence electrons. The molecule has 1 aromatic carbocycles. The minimum Gasteiger partial charge on any atom is -0.339 e. The maximum atomic E-state index is 13.3. The number of piperidine rings is 1. The van der Waals surface area contributed by atoms with E-state index in [0.717, 1.165) is 25.5 Å². The number of likely N-dealkylation sites (tertiary alicyclic amines) is 1. The number of halogens is 1. The summed E-state index contributed by atoms with van der Waals surface area (Å²) in [6.07, 6.45) is 3.45. The second-order valence-electron chi connectivity index (χ2n) is 7.06. The molecule has 2 saturated heterocycles. The number of hydrogen-bond acceptors (Lipinski definition) is 4. The zero-order valence-electron chi connectivity index (χ0n) is 15.1. The van der Waals surface area contributed by atoms with Crippen molar-refractivity contribution in [3.63, 3.8) is 0 Å². The van der Waals surface area contributed by atoms with Crippen LogP contribution < -0.4 is 0 Å². The number of piperazine rings is 1. The van der Waals surface area contributed by atoms with Crippen LogP contribution in [0, 0.1) is 5.82 Å². The summed E-state index contributed by atoms with van der Waals surface area (Å²) in [6, 6.07) is 5.46. The molecule has 0 N–H and O–H groups in total. The minimum absolute atomic E-state index is 0.0422. The summed E-state index contributed by atoms with van der Waals surface area (Å²) < 4.78 is 39.9. The third-order valence-corrected chi connectivity index (χ3v) is 7.20. The zero-order valence-corrected chi connectivity index (χ0v) is 15.9. The first-order chi connectivity index (χ1) is 12.4. The number of carbonyl (C=O) groups excluding carboxylic acids is 1. The van der Waals surface area contributed by atoms with Crippen molar-refractivity contribution in [2.24, 2.45) is 0 Å². The van der Waals surface area contributed by atoms with Crippen LogP contribution in [-0.2, 0) is 14.8 Å². The first-order valence-corrected chi connectivity index (χ1v) is 10.6. The van der Waals surface area contributed by atoms with Crippen LogP contribution in [0.3, 0.4) is 0 Å². The predicted molar refractivity (Wildman–Crippen MR) is 96.6 cm³/mol. The third-order valence-electron chi connectivity index (χ3n) is 5.30. The highest BCUT2D eigenvalue weighted by Gasteiger charge is 2.31. The maximum Gasteiger partial charge on any atom is 0.243 e. The van der Waals surface area contributed by atoms with Crippen molar-refractivity contribution in [1.82, 2.24) is 14.1 Å². The van der Waals surface area contributed by atoms with Crippen molar-refractivity contribution in [2.75, 3.05) is 39.3 Å². The predicted octanol–water partition coefficient (Wildman–Crippen LogP) is 1.53. The van der Waals surface area contributed by atoms with Gasteiger partial charge in [0.1, 0.15) is 5.82 Å². The van der Waals surface area contributed by atoms with Crippen LogP contribution in [-0.4, -0.2) is 73.7 Å². The molecule has 1 amide bonds. The standard InChI is InChI=1S/C18H26FN3O3S/c1-15-5-2-3-8-21(15)14-18(23)20-9-11-22(12-10-20)26(24,25)17-7-4-6-16(19)13-17/h4,6-7,13,15H,2-3,5,8-12,14H2,1H3/t15-/m1/s1. The van der Waals surface area contributed by atoms with Gasteiger partial charge in [0, 0.05) is 32.2 Å². The summed E-state index contributed by atoms with van der Waals surface area (Å²) in [7, 11) is -3.72. The second kappa shape index (κ2) is 8.02. The van der Waals surface area contributed by atoms with Gasteiger partial charge < -0.3 is 4.90 Å². The molecule has 3 rings (SSSR count). The average Bonchev–Trinajstić information content (AvgIpc) is 2.63.